The number of unbranched alkanes of at least 4 members (excludes halogenated alkanes) is 7. The van der Waals surface area contributed by atoms with Crippen LogP contribution >= 0.6 is 0 Å². The third-order valence-electron chi connectivity index (χ3n) is 8.37. The number of H-pyrrole nitrogens is 1. The molecule has 48 heavy (non-hydrogen) atoms. The van der Waals surface area contributed by atoms with Crippen LogP contribution in [-0.4, -0.2) is 59.6 Å². The number of aromatic amines is 1. The summed E-state index contributed by atoms with van der Waals surface area (Å²) in [4.78, 5) is 49.5. The molecule has 0 bridgehead atoms. The summed E-state index contributed by atoms with van der Waals surface area (Å²) in [7, 11) is 2.66. The number of hydrogen-bond donors (Lipinski definition) is 3. The number of para-hydroxylation sites is 2. The van der Waals surface area contributed by atoms with E-state index >= 15 is 0 Å². The lowest BCUT2D eigenvalue weighted by molar-refractivity contribution is -0.145. The van der Waals surface area contributed by atoms with Crippen molar-refractivity contribution in [2.75, 3.05) is 14.2 Å². The van der Waals surface area contributed by atoms with Gasteiger partial charge in [-0.05, 0) is 29.7 Å². The van der Waals surface area contributed by atoms with Gasteiger partial charge in [0, 0.05) is 67.4 Å². The molecule has 2 heterocycles. The molecule has 260 valence electrons. The third kappa shape index (κ3) is 11.6. The first-order chi connectivity index (χ1) is 23.2. The predicted molar refractivity (Wildman–Crippen MR) is 189 cm³/mol. The maximum atomic E-state index is 12.1. The minimum atomic E-state index is -0.667. The summed E-state index contributed by atoms with van der Waals surface area (Å²) in [6, 6.07) is 14.7. The van der Waals surface area contributed by atoms with Crippen LogP contribution in [0.5, 0.6) is 0 Å². The molecule has 0 saturated carbocycles. The summed E-state index contributed by atoms with van der Waals surface area (Å²) in [6.07, 6.45) is 15.2. The Morgan fingerprint density at radius 2 is 1.23 bits per heavy atom. The first-order valence-electron chi connectivity index (χ1n) is 17.0. The molecule has 3 N–H and O–H groups in total. The van der Waals surface area contributed by atoms with Gasteiger partial charge in [-0.1, -0.05) is 88.3 Å². The Morgan fingerprint density at radius 1 is 0.708 bits per heavy atom. The number of benzene rings is 2. The van der Waals surface area contributed by atoms with E-state index < -0.39 is 24.0 Å². The molecular weight excluding hydrogens is 608 g/mol. The molecule has 0 fully saturated rings. The lowest BCUT2D eigenvalue weighted by Gasteiger charge is -2.14. The number of ether oxygens (including phenoxy) is 2. The van der Waals surface area contributed by atoms with Crippen LogP contribution in [0.4, 0.5) is 0 Å². The number of amides is 2. The number of carbonyl (C=O) groups excluding carboxylic acids is 4. The topological polar surface area (TPSA) is 132 Å². The second-order valence-electron chi connectivity index (χ2n) is 12.2. The quantitative estimate of drug-likeness (QED) is 0.0889. The van der Waals surface area contributed by atoms with Crippen molar-refractivity contribution in [2.24, 2.45) is 0 Å². The van der Waals surface area contributed by atoms with E-state index in [2.05, 4.69) is 45.4 Å². The summed E-state index contributed by atoms with van der Waals surface area (Å²) < 4.78 is 11.9. The van der Waals surface area contributed by atoms with E-state index in [9.17, 15) is 19.2 Å². The van der Waals surface area contributed by atoms with E-state index in [0.717, 1.165) is 40.4 Å². The first-order valence-corrected chi connectivity index (χ1v) is 17.0. The van der Waals surface area contributed by atoms with Crippen molar-refractivity contribution in [3.63, 3.8) is 0 Å². The molecule has 10 nitrogen and oxygen atoms in total. The maximum absolute atomic E-state index is 12.1. The van der Waals surface area contributed by atoms with E-state index in [1.54, 1.807) is 0 Å². The lowest BCUT2D eigenvalue weighted by Crippen LogP contribution is -2.41. The fourth-order valence-corrected chi connectivity index (χ4v) is 5.99. The van der Waals surface area contributed by atoms with E-state index in [4.69, 9.17) is 9.47 Å². The zero-order valence-electron chi connectivity index (χ0n) is 29.1. The van der Waals surface area contributed by atoms with Gasteiger partial charge >= 0.3 is 11.9 Å². The van der Waals surface area contributed by atoms with E-state index in [1.165, 1.54) is 78.5 Å². The number of aryl methyl sites for hydroxylation is 1. The Balaban J connectivity index is 0.000000284. The molecule has 0 aliphatic heterocycles. The number of esters is 2. The molecule has 4 rings (SSSR count). The number of nitrogens with zero attached hydrogens (tertiary/aromatic N) is 1. The monoisotopic (exact) mass is 660 g/mol. The van der Waals surface area contributed by atoms with Crippen LogP contribution in [0.25, 0.3) is 21.8 Å². The summed E-state index contributed by atoms with van der Waals surface area (Å²) in [5, 5.41) is 7.49. The van der Waals surface area contributed by atoms with E-state index in [0.29, 0.717) is 12.8 Å². The molecule has 2 atom stereocenters. The van der Waals surface area contributed by atoms with Gasteiger partial charge in [0.25, 0.3) is 0 Å². The number of nitrogens with one attached hydrogen (secondary N) is 3. The van der Waals surface area contributed by atoms with Gasteiger partial charge in [0.2, 0.25) is 11.8 Å². The highest BCUT2D eigenvalue weighted by molar-refractivity contribution is 5.88. The molecule has 0 aliphatic carbocycles. The smallest absolute Gasteiger partial charge is 0.328 e. The van der Waals surface area contributed by atoms with Crippen LogP contribution in [0.3, 0.4) is 0 Å². The lowest BCUT2D eigenvalue weighted by atomic mass is 10.1. The standard InChI is InChI=1S/C24H36N2O3.C14H16N2O3/c1-4-5-6-7-8-9-10-13-16-26-18-20(21-14-11-12-15-23(21)26)17-22(24(28)29-3)25-19(2)27;1-9(17)16-13(14(18)19-2)7-10-8-15-12-6-4-3-5-11(10)12/h11-12,14-15,18,22H,4-10,13,16-17H2,1-3H3,(H,25,27);3-6,8,13,15H,7H2,1-2H3,(H,16,17). The Kier molecular flexibility index (Phi) is 15.7. The van der Waals surface area contributed by atoms with Gasteiger partial charge in [0.15, 0.2) is 0 Å². The summed E-state index contributed by atoms with van der Waals surface area (Å²) in [5.41, 5.74) is 4.21. The zero-order chi connectivity index (χ0) is 34.9. The van der Waals surface area contributed by atoms with Crippen molar-refractivity contribution in [1.82, 2.24) is 20.2 Å². The molecule has 4 aromatic rings. The molecule has 2 unspecified atom stereocenters. The van der Waals surface area contributed by atoms with Gasteiger partial charge in [-0.3, -0.25) is 9.59 Å². The average molecular weight is 661 g/mol. The highest BCUT2D eigenvalue weighted by Gasteiger charge is 2.23. The molecule has 2 aromatic carbocycles. The maximum Gasteiger partial charge on any atom is 0.328 e. The van der Waals surface area contributed by atoms with Crippen molar-refractivity contribution in [3.8, 4) is 0 Å². The van der Waals surface area contributed by atoms with Crippen LogP contribution in [0.15, 0.2) is 60.9 Å². The summed E-state index contributed by atoms with van der Waals surface area (Å²) in [5.74, 6) is -1.35. The molecule has 10 heteroatoms. The van der Waals surface area contributed by atoms with Crippen LogP contribution in [0.1, 0.15) is 83.3 Å². The van der Waals surface area contributed by atoms with Crippen LogP contribution in [0, 0.1) is 0 Å². The minimum Gasteiger partial charge on any atom is -0.467 e. The molecule has 0 radical (unpaired) electrons. The highest BCUT2D eigenvalue weighted by Crippen LogP contribution is 2.24. The van der Waals surface area contributed by atoms with Crippen LogP contribution < -0.4 is 10.6 Å². The van der Waals surface area contributed by atoms with Crippen molar-refractivity contribution in [1.29, 1.82) is 0 Å². The molecule has 2 aromatic heterocycles. The Hall–Kier alpha value is -4.60. The number of hydrogen-bond acceptors (Lipinski definition) is 6. The number of methoxy groups -OCH3 is 2. The van der Waals surface area contributed by atoms with Crippen molar-refractivity contribution >= 4 is 45.6 Å². The predicted octanol–water partition coefficient (Wildman–Crippen LogP) is 6.39. The Bertz CT molecular complexity index is 1620. The van der Waals surface area contributed by atoms with Crippen LogP contribution in [-0.2, 0) is 48.0 Å². The Morgan fingerprint density at radius 3 is 1.81 bits per heavy atom. The van der Waals surface area contributed by atoms with Crippen molar-refractivity contribution in [2.45, 2.75) is 104 Å². The fourth-order valence-electron chi connectivity index (χ4n) is 5.99. The normalized spacial score (nSPS) is 12.1. The Labute approximate surface area is 283 Å². The number of carbonyl (C=O) groups is 4. The minimum absolute atomic E-state index is 0.233. The molecular formula is C38H52N4O6. The average Bonchev–Trinajstić information content (AvgIpc) is 3.65. The third-order valence-corrected chi connectivity index (χ3v) is 8.37. The second-order valence-corrected chi connectivity index (χ2v) is 12.2. The van der Waals surface area contributed by atoms with Gasteiger partial charge < -0.3 is 29.7 Å². The van der Waals surface area contributed by atoms with Crippen molar-refractivity contribution in [3.05, 3.63) is 72.1 Å². The van der Waals surface area contributed by atoms with Gasteiger partial charge in [-0.2, -0.15) is 0 Å². The van der Waals surface area contributed by atoms with Crippen molar-refractivity contribution < 1.29 is 28.7 Å². The molecule has 0 spiro atoms. The zero-order valence-corrected chi connectivity index (χ0v) is 29.1. The van der Waals surface area contributed by atoms with Gasteiger partial charge in [0.05, 0.1) is 14.2 Å². The van der Waals surface area contributed by atoms with E-state index in [-0.39, 0.29) is 11.8 Å². The van der Waals surface area contributed by atoms with Gasteiger partial charge in [-0.15, -0.1) is 0 Å². The molecule has 0 saturated heterocycles. The summed E-state index contributed by atoms with van der Waals surface area (Å²) >= 11 is 0. The fraction of sp³-hybridized carbons (Fsp3) is 0.474. The first kappa shape index (κ1) is 37.9. The summed E-state index contributed by atoms with van der Waals surface area (Å²) in [6.45, 7) is 6.02. The molecule has 0 aliphatic rings. The second kappa shape index (κ2) is 19.9. The molecule has 2 amide bonds. The number of aromatic nitrogens is 2. The SMILES string of the molecule is CCCCCCCCCCn1cc(CC(NC(C)=O)C(=O)OC)c2ccccc21.COC(=O)C(Cc1c[nH]c2ccccc12)NC(C)=O. The van der Waals surface area contributed by atoms with Crippen LogP contribution in [0.2, 0.25) is 0 Å². The van der Waals surface area contributed by atoms with Gasteiger partial charge in [0.1, 0.15) is 12.1 Å². The number of rotatable bonds is 17. The number of fused-ring (bicyclic) bond motifs is 2. The largest absolute Gasteiger partial charge is 0.467 e. The highest BCUT2D eigenvalue weighted by atomic mass is 16.5. The van der Waals surface area contributed by atoms with E-state index in [1.807, 2.05) is 42.6 Å². The van der Waals surface area contributed by atoms with Gasteiger partial charge in [-0.25, -0.2) is 9.59 Å².